The molecular weight excluding hydrogens is 595 g/mol. The van der Waals surface area contributed by atoms with E-state index in [1.165, 1.54) is 38.5 Å². The van der Waals surface area contributed by atoms with E-state index in [2.05, 4.69) is 31.2 Å². The number of pyridine rings is 3. The number of carbonyl (C=O) groups is 1. The van der Waals surface area contributed by atoms with Crippen molar-refractivity contribution in [1.82, 2.24) is 14.5 Å². The van der Waals surface area contributed by atoms with Crippen LogP contribution in [0.25, 0.3) is 11.0 Å². The average molecular weight is 625 g/mol. The second-order valence-corrected chi connectivity index (χ2v) is 10.8. The molecule has 4 aromatic rings. The van der Waals surface area contributed by atoms with Gasteiger partial charge in [0.2, 0.25) is 5.43 Å². The van der Waals surface area contributed by atoms with Crippen molar-refractivity contribution in [2.45, 2.75) is 39.5 Å². The molecule has 1 aliphatic carbocycles. The van der Waals surface area contributed by atoms with E-state index in [9.17, 15) is 9.59 Å². The van der Waals surface area contributed by atoms with Gasteiger partial charge in [0.15, 0.2) is 23.1 Å². The van der Waals surface area contributed by atoms with Crippen molar-refractivity contribution in [2.24, 2.45) is 13.0 Å². The zero-order valence-corrected chi connectivity index (χ0v) is 24.8. The van der Waals surface area contributed by atoms with Gasteiger partial charge in [0.25, 0.3) is 11.8 Å². The lowest BCUT2D eigenvalue weighted by Crippen LogP contribution is -2.27. The number of halogens is 2. The monoisotopic (exact) mass is 624 g/mol. The van der Waals surface area contributed by atoms with Crippen molar-refractivity contribution in [3.8, 4) is 23.1 Å². The molecule has 0 atom stereocenters. The van der Waals surface area contributed by atoms with Crippen LogP contribution in [0, 0.1) is 25.6 Å². The first-order valence-electron chi connectivity index (χ1n) is 13.3. The number of amides is 1. The third kappa shape index (κ3) is 5.76. The Balaban J connectivity index is 1.35. The number of anilines is 1. The van der Waals surface area contributed by atoms with Gasteiger partial charge >= 0.3 is 0 Å². The highest BCUT2D eigenvalue weighted by Crippen LogP contribution is 2.36. The van der Waals surface area contributed by atoms with E-state index in [4.69, 9.17) is 14.2 Å². The van der Waals surface area contributed by atoms with Gasteiger partial charge in [-0.05, 0) is 54.2 Å². The Kier molecular flexibility index (Phi) is 8.25. The molecule has 5 rings (SSSR count). The number of fused-ring (bicyclic) bond motifs is 1. The van der Waals surface area contributed by atoms with Crippen molar-refractivity contribution < 1.29 is 23.4 Å². The highest BCUT2D eigenvalue weighted by atomic mass is 79.9. The van der Waals surface area contributed by atoms with Crippen LogP contribution in [-0.4, -0.2) is 34.2 Å². The summed E-state index contributed by atoms with van der Waals surface area (Å²) >= 11 is 3.26. The number of ether oxygens (including phenoxy) is 3. The van der Waals surface area contributed by atoms with Crippen LogP contribution in [0.15, 0.2) is 45.8 Å². The van der Waals surface area contributed by atoms with Crippen LogP contribution in [0.1, 0.15) is 47.4 Å². The lowest BCUT2D eigenvalue weighted by atomic mass is 9.83. The maximum atomic E-state index is 15.1. The number of hydrogen-bond donors (Lipinski definition) is 1. The van der Waals surface area contributed by atoms with Gasteiger partial charge in [-0.3, -0.25) is 14.6 Å². The molecule has 214 valence electrons. The van der Waals surface area contributed by atoms with Crippen LogP contribution < -0.4 is 25.0 Å². The summed E-state index contributed by atoms with van der Waals surface area (Å²) in [5.74, 6) is 0.316. The van der Waals surface area contributed by atoms with Gasteiger partial charge in [0, 0.05) is 48.5 Å². The summed E-state index contributed by atoms with van der Waals surface area (Å²) < 4.78 is 34.5. The number of methoxy groups -OCH3 is 1. The number of aromatic nitrogens is 3. The Hall–Kier alpha value is -3.99. The molecule has 11 heteroatoms. The molecule has 3 aromatic heterocycles. The minimum absolute atomic E-state index is 0.0274. The first-order valence-corrected chi connectivity index (χ1v) is 14.1. The quantitative estimate of drug-likeness (QED) is 0.227. The van der Waals surface area contributed by atoms with Gasteiger partial charge in [0.05, 0.1) is 23.7 Å². The number of rotatable bonds is 9. The molecule has 0 bridgehead atoms. The largest absolute Gasteiger partial charge is 0.488 e. The van der Waals surface area contributed by atoms with Crippen molar-refractivity contribution in [1.29, 1.82) is 0 Å². The summed E-state index contributed by atoms with van der Waals surface area (Å²) in [5.41, 5.74) is 1.78. The smallest absolute Gasteiger partial charge is 0.261 e. The van der Waals surface area contributed by atoms with E-state index in [1.807, 2.05) is 0 Å². The van der Waals surface area contributed by atoms with E-state index in [1.54, 1.807) is 43.8 Å². The van der Waals surface area contributed by atoms with Crippen LogP contribution in [0.3, 0.4) is 0 Å². The van der Waals surface area contributed by atoms with Crippen molar-refractivity contribution >= 4 is 38.6 Å². The fraction of sp³-hybridized carbons (Fsp3) is 0.333. The minimum Gasteiger partial charge on any atom is -0.488 e. The summed E-state index contributed by atoms with van der Waals surface area (Å²) in [6.07, 6.45) is 6.29. The lowest BCUT2D eigenvalue weighted by molar-refractivity contribution is 0.102. The number of nitrogens with zero attached hydrogens (tertiary/aromatic N) is 3. The maximum absolute atomic E-state index is 15.1. The fourth-order valence-electron chi connectivity index (χ4n) is 4.71. The topological polar surface area (TPSA) is 105 Å². The fourth-order valence-corrected chi connectivity index (χ4v) is 5.17. The standard InChI is InChI=1S/C30H30BrFN4O5/c1-16-25(28(37)26(31)17(2)36(16)3)29(38)34-19-8-9-22(20(32)14-19)41-23-10-12-33-21-15-24(30(39-4)35-27(21)23)40-13-11-18-6-5-7-18/h8-10,12,14-15,18H,5-7,11,13H2,1-4H3,(H,34,38). The van der Waals surface area contributed by atoms with Gasteiger partial charge in [0.1, 0.15) is 11.1 Å². The average Bonchev–Trinajstić information content (AvgIpc) is 2.93. The summed E-state index contributed by atoms with van der Waals surface area (Å²) in [4.78, 5) is 34.6. The molecule has 1 fully saturated rings. The lowest BCUT2D eigenvalue weighted by Gasteiger charge is -2.25. The van der Waals surface area contributed by atoms with E-state index >= 15 is 4.39 Å². The zero-order valence-electron chi connectivity index (χ0n) is 23.2. The minimum atomic E-state index is -0.717. The summed E-state index contributed by atoms with van der Waals surface area (Å²) in [5, 5.41) is 2.61. The van der Waals surface area contributed by atoms with Crippen molar-refractivity contribution in [3.63, 3.8) is 0 Å². The Morgan fingerprint density at radius 3 is 2.61 bits per heavy atom. The van der Waals surface area contributed by atoms with Crippen molar-refractivity contribution in [3.05, 3.63) is 74.0 Å². The number of nitrogens with one attached hydrogen (secondary N) is 1. The van der Waals surface area contributed by atoms with E-state index in [0.29, 0.717) is 45.2 Å². The first kappa shape index (κ1) is 28.5. The molecule has 1 saturated carbocycles. The van der Waals surface area contributed by atoms with Gasteiger partial charge < -0.3 is 24.1 Å². The van der Waals surface area contributed by atoms with Gasteiger partial charge in [-0.15, -0.1) is 0 Å². The molecule has 1 amide bonds. The van der Waals surface area contributed by atoms with E-state index in [0.717, 1.165) is 12.5 Å². The van der Waals surface area contributed by atoms with Gasteiger partial charge in [-0.25, -0.2) is 9.37 Å². The third-order valence-corrected chi connectivity index (χ3v) is 8.49. The molecule has 41 heavy (non-hydrogen) atoms. The Labute approximate surface area is 244 Å². The summed E-state index contributed by atoms with van der Waals surface area (Å²) in [6, 6.07) is 7.32. The number of carbonyl (C=O) groups excluding carboxylic acids is 1. The summed E-state index contributed by atoms with van der Waals surface area (Å²) in [6.45, 7) is 4.02. The predicted octanol–water partition coefficient (Wildman–Crippen LogP) is 6.47. The molecule has 0 aliphatic heterocycles. The first-order chi connectivity index (χ1) is 19.7. The number of benzene rings is 1. The van der Waals surface area contributed by atoms with Gasteiger partial charge in [-0.2, -0.15) is 0 Å². The molecule has 1 N–H and O–H groups in total. The van der Waals surface area contributed by atoms with Crippen molar-refractivity contribution in [2.75, 3.05) is 19.0 Å². The highest BCUT2D eigenvalue weighted by molar-refractivity contribution is 9.10. The molecule has 1 aliphatic rings. The zero-order chi connectivity index (χ0) is 29.3. The maximum Gasteiger partial charge on any atom is 0.261 e. The molecule has 0 unspecified atom stereocenters. The molecule has 9 nitrogen and oxygen atoms in total. The van der Waals surface area contributed by atoms with Crippen LogP contribution in [0.2, 0.25) is 0 Å². The highest BCUT2D eigenvalue weighted by Gasteiger charge is 2.21. The van der Waals surface area contributed by atoms with Gasteiger partial charge in [-0.1, -0.05) is 19.3 Å². The second kappa shape index (κ2) is 11.9. The SMILES string of the molecule is COc1nc2c(Oc3ccc(NC(=O)c4c(C)n(C)c(C)c(Br)c4=O)cc3F)ccnc2cc1OCCC1CCC1. The van der Waals surface area contributed by atoms with Crippen LogP contribution in [0.4, 0.5) is 10.1 Å². The normalized spacial score (nSPS) is 13.1. The summed E-state index contributed by atoms with van der Waals surface area (Å²) in [7, 11) is 3.26. The predicted molar refractivity (Wildman–Crippen MR) is 157 cm³/mol. The van der Waals surface area contributed by atoms with Crippen LogP contribution in [-0.2, 0) is 7.05 Å². The molecule has 3 heterocycles. The molecule has 0 radical (unpaired) electrons. The number of hydrogen-bond acceptors (Lipinski definition) is 7. The van der Waals surface area contributed by atoms with Crippen LogP contribution in [0.5, 0.6) is 23.1 Å². The molecule has 1 aromatic carbocycles. The third-order valence-electron chi connectivity index (χ3n) is 7.56. The molecule has 0 spiro atoms. The molecular formula is C30H30BrFN4O5. The van der Waals surface area contributed by atoms with E-state index < -0.39 is 17.2 Å². The Bertz CT molecular complexity index is 1700. The Morgan fingerprint density at radius 1 is 1.15 bits per heavy atom. The second-order valence-electron chi connectivity index (χ2n) is 10.1. The van der Waals surface area contributed by atoms with Crippen LogP contribution >= 0.6 is 15.9 Å². The van der Waals surface area contributed by atoms with E-state index in [-0.39, 0.29) is 28.6 Å². The molecule has 0 saturated heterocycles. The Morgan fingerprint density at radius 2 is 1.93 bits per heavy atom.